The number of methoxy groups -OCH3 is 1. The highest BCUT2D eigenvalue weighted by atomic mass is 28.4. The molecule has 1 amide bonds. The number of nitrogens with one attached hydrogen (secondary N) is 2. The quantitative estimate of drug-likeness (QED) is 0.198. The number of carboxylic acid groups (broad SMARTS) is 1. The standard InChI is InChI=1S/C33H45FN4O5Si/c1-8-36-38-29(32(40)41)28(37-30(38)23-13-16-25(17-14-23)43-44(6,7)33(2,3)4)22-11-9-21(10-12-22)20-35-31(39)26-19-24(34)15-18-27(26)42-5/h9-12,15,18-19,23,25,36H,8,13-14,16-17,20H2,1-7H3,(H,35,39)(H,40,41). The maximum absolute atomic E-state index is 13.7. The molecule has 0 saturated heterocycles. The Morgan fingerprint density at radius 2 is 1.75 bits per heavy atom. The monoisotopic (exact) mass is 624 g/mol. The van der Waals surface area contributed by atoms with Crippen molar-refractivity contribution >= 4 is 20.2 Å². The summed E-state index contributed by atoms with van der Waals surface area (Å²) >= 11 is 0. The molecule has 1 saturated carbocycles. The molecule has 0 atom stereocenters. The Morgan fingerprint density at radius 3 is 2.32 bits per heavy atom. The number of aromatic carboxylic acids is 1. The van der Waals surface area contributed by atoms with Gasteiger partial charge in [0.15, 0.2) is 14.0 Å². The van der Waals surface area contributed by atoms with Gasteiger partial charge in [-0.1, -0.05) is 45.0 Å². The molecule has 0 spiro atoms. The fourth-order valence-corrected chi connectivity index (χ4v) is 6.80. The molecule has 11 heteroatoms. The Morgan fingerprint density at radius 1 is 1.09 bits per heavy atom. The number of aromatic nitrogens is 2. The van der Waals surface area contributed by atoms with Gasteiger partial charge in [0.2, 0.25) is 0 Å². The summed E-state index contributed by atoms with van der Waals surface area (Å²) in [6, 6.07) is 11.0. The van der Waals surface area contributed by atoms with Crippen LogP contribution >= 0.6 is 0 Å². The largest absolute Gasteiger partial charge is 0.496 e. The van der Waals surface area contributed by atoms with Gasteiger partial charge in [0.1, 0.15) is 23.1 Å². The summed E-state index contributed by atoms with van der Waals surface area (Å²) in [5, 5.41) is 13.2. The van der Waals surface area contributed by atoms with Gasteiger partial charge in [0.05, 0.1) is 12.7 Å². The lowest BCUT2D eigenvalue weighted by Gasteiger charge is -2.41. The van der Waals surface area contributed by atoms with E-state index in [1.54, 1.807) is 4.68 Å². The molecule has 1 aliphatic rings. The number of carboxylic acids is 1. The van der Waals surface area contributed by atoms with Crippen LogP contribution in [0.15, 0.2) is 42.5 Å². The van der Waals surface area contributed by atoms with E-state index in [2.05, 4.69) is 44.6 Å². The van der Waals surface area contributed by atoms with Crippen molar-refractivity contribution < 1.29 is 28.2 Å². The van der Waals surface area contributed by atoms with E-state index in [0.29, 0.717) is 17.8 Å². The van der Waals surface area contributed by atoms with E-state index >= 15 is 0 Å². The minimum atomic E-state index is -1.88. The number of hydrogen-bond acceptors (Lipinski definition) is 6. The number of amides is 1. The van der Waals surface area contributed by atoms with Crippen LogP contribution < -0.4 is 15.5 Å². The highest BCUT2D eigenvalue weighted by Gasteiger charge is 2.40. The zero-order valence-electron chi connectivity index (χ0n) is 26.8. The third-order valence-electron chi connectivity index (χ3n) is 8.82. The Hall–Kier alpha value is -3.70. The lowest BCUT2D eigenvalue weighted by atomic mass is 9.87. The van der Waals surface area contributed by atoms with Crippen LogP contribution in [0.2, 0.25) is 18.1 Å². The van der Waals surface area contributed by atoms with Gasteiger partial charge >= 0.3 is 5.97 Å². The molecule has 3 aromatic rings. The second kappa shape index (κ2) is 13.5. The molecular formula is C33H45FN4O5Si. The molecule has 238 valence electrons. The van der Waals surface area contributed by atoms with Crippen molar-refractivity contribution in [2.24, 2.45) is 0 Å². The number of nitrogens with zero attached hydrogens (tertiary/aromatic N) is 2. The van der Waals surface area contributed by atoms with E-state index in [1.165, 1.54) is 19.2 Å². The van der Waals surface area contributed by atoms with E-state index in [9.17, 15) is 19.1 Å². The Balaban J connectivity index is 1.52. The van der Waals surface area contributed by atoms with Gasteiger partial charge in [-0.25, -0.2) is 18.8 Å². The van der Waals surface area contributed by atoms with Crippen LogP contribution in [0, 0.1) is 5.82 Å². The molecule has 9 nitrogen and oxygen atoms in total. The third-order valence-corrected chi connectivity index (χ3v) is 13.4. The van der Waals surface area contributed by atoms with Gasteiger partial charge in [0.25, 0.3) is 5.91 Å². The smallest absolute Gasteiger partial charge is 0.356 e. The minimum Gasteiger partial charge on any atom is -0.496 e. The predicted molar refractivity (Wildman–Crippen MR) is 172 cm³/mol. The summed E-state index contributed by atoms with van der Waals surface area (Å²) in [6.07, 6.45) is 3.78. The average Bonchev–Trinajstić information content (AvgIpc) is 3.35. The number of hydrogen-bond donors (Lipinski definition) is 3. The molecule has 1 aromatic heterocycles. The van der Waals surface area contributed by atoms with E-state index in [0.717, 1.165) is 43.1 Å². The molecule has 44 heavy (non-hydrogen) atoms. The van der Waals surface area contributed by atoms with E-state index < -0.39 is 26.0 Å². The van der Waals surface area contributed by atoms with Crippen LogP contribution in [0.3, 0.4) is 0 Å². The first-order valence-corrected chi connectivity index (χ1v) is 18.1. The van der Waals surface area contributed by atoms with Crippen molar-refractivity contribution in [1.82, 2.24) is 15.0 Å². The van der Waals surface area contributed by atoms with E-state index in [4.69, 9.17) is 14.1 Å². The van der Waals surface area contributed by atoms with Gasteiger partial charge < -0.3 is 25.0 Å². The second-order valence-electron chi connectivity index (χ2n) is 12.9. The topological polar surface area (TPSA) is 115 Å². The number of halogens is 1. The lowest BCUT2D eigenvalue weighted by molar-refractivity contribution is 0.0686. The second-order valence-corrected chi connectivity index (χ2v) is 17.7. The van der Waals surface area contributed by atoms with Crippen molar-refractivity contribution in [3.05, 3.63) is 70.9 Å². The van der Waals surface area contributed by atoms with Gasteiger partial charge in [-0.15, -0.1) is 0 Å². The number of carbonyl (C=O) groups excluding carboxylic acids is 1. The SMILES string of the molecule is CCNn1c(C2CCC(O[Si](C)(C)C(C)(C)C)CC2)nc(-c2ccc(CNC(=O)c3cc(F)ccc3OC)cc2)c1C(=O)O. The maximum Gasteiger partial charge on any atom is 0.356 e. The molecule has 1 heterocycles. The van der Waals surface area contributed by atoms with Gasteiger partial charge in [0, 0.05) is 30.7 Å². The Kier molecular flexibility index (Phi) is 10.2. The number of ether oxygens (including phenoxy) is 1. The van der Waals surface area contributed by atoms with E-state index in [-0.39, 0.29) is 40.6 Å². The number of imidazole rings is 1. The van der Waals surface area contributed by atoms with Crippen molar-refractivity contribution in [2.75, 3.05) is 19.1 Å². The molecule has 0 radical (unpaired) electrons. The Labute approximate surface area is 260 Å². The first kappa shape index (κ1) is 33.2. The van der Waals surface area contributed by atoms with Gasteiger partial charge in [-0.3, -0.25) is 4.79 Å². The molecule has 1 fully saturated rings. The third kappa shape index (κ3) is 7.32. The molecule has 2 aromatic carbocycles. The number of carbonyl (C=O) groups is 2. The van der Waals surface area contributed by atoms with Crippen LogP contribution in [0.1, 0.15) is 91.5 Å². The summed E-state index contributed by atoms with van der Waals surface area (Å²) in [4.78, 5) is 30.2. The Bertz CT molecular complexity index is 1470. The molecule has 0 unspecified atom stereocenters. The zero-order chi connectivity index (χ0) is 32.2. The average molecular weight is 625 g/mol. The molecule has 1 aliphatic carbocycles. The fourth-order valence-electron chi connectivity index (χ4n) is 5.38. The summed E-state index contributed by atoms with van der Waals surface area (Å²) < 4.78 is 27.2. The molecular weight excluding hydrogens is 579 g/mol. The van der Waals surface area contributed by atoms with Gasteiger partial charge in [-0.2, -0.15) is 0 Å². The van der Waals surface area contributed by atoms with Crippen LogP contribution in [-0.2, 0) is 11.0 Å². The van der Waals surface area contributed by atoms with Crippen LogP contribution in [0.25, 0.3) is 11.3 Å². The van der Waals surface area contributed by atoms with Crippen molar-refractivity contribution in [1.29, 1.82) is 0 Å². The summed E-state index contributed by atoms with van der Waals surface area (Å²) in [7, 11) is -0.454. The first-order chi connectivity index (χ1) is 20.8. The van der Waals surface area contributed by atoms with Crippen molar-refractivity contribution in [2.45, 2.75) is 90.1 Å². The van der Waals surface area contributed by atoms with Gasteiger partial charge in [-0.05, 0) is 74.5 Å². The highest BCUT2D eigenvalue weighted by molar-refractivity contribution is 6.74. The fraction of sp³-hybridized carbons (Fsp3) is 0.485. The first-order valence-electron chi connectivity index (χ1n) is 15.2. The van der Waals surface area contributed by atoms with Crippen LogP contribution in [0.4, 0.5) is 4.39 Å². The number of rotatable bonds is 11. The molecule has 0 bridgehead atoms. The van der Waals surface area contributed by atoms with Crippen LogP contribution in [-0.4, -0.2) is 54.7 Å². The lowest BCUT2D eigenvalue weighted by Crippen LogP contribution is -2.44. The van der Waals surface area contributed by atoms with Crippen molar-refractivity contribution in [3.63, 3.8) is 0 Å². The highest BCUT2D eigenvalue weighted by Crippen LogP contribution is 2.41. The summed E-state index contributed by atoms with van der Waals surface area (Å²) in [5.74, 6) is -0.936. The zero-order valence-corrected chi connectivity index (χ0v) is 27.8. The van der Waals surface area contributed by atoms with Crippen LogP contribution in [0.5, 0.6) is 5.75 Å². The number of benzene rings is 2. The maximum atomic E-state index is 13.7. The van der Waals surface area contributed by atoms with Crippen molar-refractivity contribution in [3.8, 4) is 17.0 Å². The molecule has 3 N–H and O–H groups in total. The predicted octanol–water partition coefficient (Wildman–Crippen LogP) is 6.94. The summed E-state index contributed by atoms with van der Waals surface area (Å²) in [5.41, 5.74) is 5.28. The minimum absolute atomic E-state index is 0.0979. The normalized spacial score (nSPS) is 17.3. The molecule has 4 rings (SSSR count). The summed E-state index contributed by atoms with van der Waals surface area (Å²) in [6.45, 7) is 14.0. The van der Waals surface area contributed by atoms with E-state index in [1.807, 2.05) is 31.2 Å². The molecule has 0 aliphatic heterocycles.